The summed E-state index contributed by atoms with van der Waals surface area (Å²) in [6.45, 7) is 1.47. The SMILES string of the molecule is NC1CCC(C(=O)NCC2(O)CCOCC2)C1. The number of nitrogens with one attached hydrogen (secondary N) is 1. The van der Waals surface area contributed by atoms with Crippen molar-refractivity contribution in [1.82, 2.24) is 5.32 Å². The van der Waals surface area contributed by atoms with E-state index in [1.54, 1.807) is 0 Å². The third-order valence-electron chi connectivity index (χ3n) is 3.86. The second-order valence-electron chi connectivity index (χ2n) is 5.32. The van der Waals surface area contributed by atoms with Crippen molar-refractivity contribution in [1.29, 1.82) is 0 Å². The van der Waals surface area contributed by atoms with Crippen molar-refractivity contribution in [3.05, 3.63) is 0 Å². The molecule has 0 aromatic carbocycles. The van der Waals surface area contributed by atoms with Crippen LogP contribution in [0.2, 0.25) is 0 Å². The second-order valence-corrected chi connectivity index (χ2v) is 5.32. The molecule has 5 nitrogen and oxygen atoms in total. The zero-order valence-electron chi connectivity index (χ0n) is 10.2. The second kappa shape index (κ2) is 5.33. The number of nitrogens with two attached hydrogens (primary N) is 1. The van der Waals surface area contributed by atoms with E-state index in [4.69, 9.17) is 10.5 Å². The molecule has 5 heteroatoms. The zero-order valence-corrected chi connectivity index (χ0v) is 10.2. The van der Waals surface area contributed by atoms with Crippen molar-refractivity contribution >= 4 is 5.91 Å². The maximum absolute atomic E-state index is 11.9. The van der Waals surface area contributed by atoms with Gasteiger partial charge in [0.1, 0.15) is 0 Å². The first-order chi connectivity index (χ1) is 8.09. The van der Waals surface area contributed by atoms with Gasteiger partial charge in [-0.15, -0.1) is 0 Å². The van der Waals surface area contributed by atoms with Gasteiger partial charge in [-0.2, -0.15) is 0 Å². The average molecular weight is 242 g/mol. The molecule has 1 heterocycles. The Hall–Kier alpha value is -0.650. The molecule has 1 amide bonds. The van der Waals surface area contributed by atoms with Crippen molar-refractivity contribution in [2.24, 2.45) is 11.7 Å². The predicted molar refractivity (Wildman–Crippen MR) is 63.3 cm³/mol. The highest BCUT2D eigenvalue weighted by molar-refractivity contribution is 5.79. The van der Waals surface area contributed by atoms with Crippen molar-refractivity contribution < 1.29 is 14.6 Å². The first kappa shape index (κ1) is 12.8. The smallest absolute Gasteiger partial charge is 0.223 e. The van der Waals surface area contributed by atoms with Crippen LogP contribution in [0.1, 0.15) is 32.1 Å². The summed E-state index contributed by atoms with van der Waals surface area (Å²) in [7, 11) is 0. The van der Waals surface area contributed by atoms with Crippen LogP contribution in [0.5, 0.6) is 0 Å². The van der Waals surface area contributed by atoms with Gasteiger partial charge < -0.3 is 20.9 Å². The highest BCUT2D eigenvalue weighted by atomic mass is 16.5. The lowest BCUT2D eigenvalue weighted by Gasteiger charge is -2.32. The molecule has 2 unspecified atom stereocenters. The van der Waals surface area contributed by atoms with E-state index in [2.05, 4.69) is 5.32 Å². The molecule has 1 aliphatic carbocycles. The first-order valence-corrected chi connectivity index (χ1v) is 6.42. The van der Waals surface area contributed by atoms with Crippen LogP contribution in [-0.4, -0.2) is 42.4 Å². The summed E-state index contributed by atoms with van der Waals surface area (Å²) in [6, 6.07) is 0.164. The van der Waals surface area contributed by atoms with Gasteiger partial charge in [0.15, 0.2) is 0 Å². The van der Waals surface area contributed by atoms with Crippen LogP contribution in [0.15, 0.2) is 0 Å². The molecule has 2 atom stereocenters. The van der Waals surface area contributed by atoms with E-state index >= 15 is 0 Å². The highest BCUT2D eigenvalue weighted by Crippen LogP contribution is 2.25. The fourth-order valence-corrected chi connectivity index (χ4v) is 2.58. The maximum atomic E-state index is 11.9. The molecule has 98 valence electrons. The molecule has 2 fully saturated rings. The third-order valence-corrected chi connectivity index (χ3v) is 3.86. The van der Waals surface area contributed by atoms with Crippen LogP contribution < -0.4 is 11.1 Å². The molecule has 0 bridgehead atoms. The van der Waals surface area contributed by atoms with E-state index in [9.17, 15) is 9.90 Å². The molecule has 0 aromatic rings. The molecule has 1 aliphatic heterocycles. The van der Waals surface area contributed by atoms with E-state index < -0.39 is 5.60 Å². The molecule has 2 aliphatic rings. The minimum Gasteiger partial charge on any atom is -0.388 e. The van der Waals surface area contributed by atoms with Crippen LogP contribution in [-0.2, 0) is 9.53 Å². The number of carbonyl (C=O) groups is 1. The van der Waals surface area contributed by atoms with Gasteiger partial charge in [0.05, 0.1) is 5.60 Å². The van der Waals surface area contributed by atoms with Gasteiger partial charge in [-0.25, -0.2) is 0 Å². The Labute approximate surface area is 102 Å². The number of rotatable bonds is 3. The van der Waals surface area contributed by atoms with Gasteiger partial charge in [-0.1, -0.05) is 0 Å². The average Bonchev–Trinajstić information content (AvgIpc) is 2.74. The molecule has 17 heavy (non-hydrogen) atoms. The van der Waals surface area contributed by atoms with Crippen molar-refractivity contribution in [2.45, 2.75) is 43.7 Å². The van der Waals surface area contributed by atoms with Gasteiger partial charge in [0, 0.05) is 44.6 Å². The predicted octanol–water partition coefficient (Wildman–Crippen LogP) is -0.228. The van der Waals surface area contributed by atoms with Gasteiger partial charge in [-0.3, -0.25) is 4.79 Å². The lowest BCUT2D eigenvalue weighted by atomic mass is 9.94. The summed E-state index contributed by atoms with van der Waals surface area (Å²) in [6.07, 6.45) is 3.76. The first-order valence-electron chi connectivity index (χ1n) is 6.42. The van der Waals surface area contributed by atoms with E-state index in [-0.39, 0.29) is 17.9 Å². The van der Waals surface area contributed by atoms with Gasteiger partial charge >= 0.3 is 0 Å². The zero-order chi connectivity index (χ0) is 12.3. The standard InChI is InChI=1S/C12H22N2O3/c13-10-2-1-9(7-10)11(15)14-8-12(16)3-5-17-6-4-12/h9-10,16H,1-8,13H2,(H,14,15). The minimum atomic E-state index is -0.783. The van der Waals surface area contributed by atoms with Crippen molar-refractivity contribution in [2.75, 3.05) is 19.8 Å². The Balaban J connectivity index is 1.75. The van der Waals surface area contributed by atoms with E-state index in [1.807, 2.05) is 0 Å². The number of carbonyl (C=O) groups excluding carboxylic acids is 1. The lowest BCUT2D eigenvalue weighted by molar-refractivity contribution is -0.127. The molecule has 4 N–H and O–H groups in total. The summed E-state index contributed by atoms with van der Waals surface area (Å²) in [5.41, 5.74) is 5.00. The molecule has 0 aromatic heterocycles. The number of amides is 1. The summed E-state index contributed by atoms with van der Waals surface area (Å²) in [5, 5.41) is 13.1. The molecular formula is C12H22N2O3. The topological polar surface area (TPSA) is 84.6 Å². The van der Waals surface area contributed by atoms with Crippen molar-refractivity contribution in [3.63, 3.8) is 0 Å². The number of ether oxygens (including phenoxy) is 1. The summed E-state index contributed by atoms with van der Waals surface area (Å²) >= 11 is 0. The Bertz CT molecular complexity index is 277. The number of hydrogen-bond acceptors (Lipinski definition) is 4. The van der Waals surface area contributed by atoms with E-state index in [0.717, 1.165) is 19.3 Å². The largest absolute Gasteiger partial charge is 0.388 e. The summed E-state index contributed by atoms with van der Waals surface area (Å²) < 4.78 is 5.20. The summed E-state index contributed by atoms with van der Waals surface area (Å²) in [4.78, 5) is 11.9. The van der Waals surface area contributed by atoms with Crippen LogP contribution in [0.25, 0.3) is 0 Å². The lowest BCUT2D eigenvalue weighted by Crippen LogP contribution is -2.47. The van der Waals surface area contributed by atoms with Crippen LogP contribution in [0.3, 0.4) is 0 Å². The minimum absolute atomic E-state index is 0.0356. The number of aliphatic hydroxyl groups is 1. The molecule has 0 radical (unpaired) electrons. The summed E-state index contributed by atoms with van der Waals surface area (Å²) in [5.74, 6) is 0.0753. The Kier molecular flexibility index (Phi) is 4.01. The molecule has 0 spiro atoms. The third kappa shape index (κ3) is 3.40. The normalized spacial score (nSPS) is 32.4. The fraction of sp³-hybridized carbons (Fsp3) is 0.917. The van der Waals surface area contributed by atoms with Gasteiger partial charge in [-0.05, 0) is 19.3 Å². The Morgan fingerprint density at radius 3 is 2.71 bits per heavy atom. The highest BCUT2D eigenvalue weighted by Gasteiger charge is 2.32. The van der Waals surface area contributed by atoms with Crippen molar-refractivity contribution in [3.8, 4) is 0 Å². The van der Waals surface area contributed by atoms with Gasteiger partial charge in [0.25, 0.3) is 0 Å². The Morgan fingerprint density at radius 2 is 2.12 bits per heavy atom. The molecule has 2 rings (SSSR count). The quantitative estimate of drug-likeness (QED) is 0.638. The van der Waals surface area contributed by atoms with Gasteiger partial charge in [0.2, 0.25) is 5.91 Å². The fourth-order valence-electron chi connectivity index (χ4n) is 2.58. The molecule has 1 saturated carbocycles. The number of hydrogen-bond donors (Lipinski definition) is 3. The van der Waals surface area contributed by atoms with E-state index in [0.29, 0.717) is 32.6 Å². The monoisotopic (exact) mass is 242 g/mol. The van der Waals surface area contributed by atoms with Crippen LogP contribution in [0.4, 0.5) is 0 Å². The Morgan fingerprint density at radius 1 is 1.41 bits per heavy atom. The van der Waals surface area contributed by atoms with Crippen LogP contribution in [0, 0.1) is 5.92 Å². The molecule has 1 saturated heterocycles. The van der Waals surface area contributed by atoms with E-state index in [1.165, 1.54) is 0 Å². The molecular weight excluding hydrogens is 220 g/mol. The van der Waals surface area contributed by atoms with Crippen LogP contribution >= 0.6 is 0 Å². The maximum Gasteiger partial charge on any atom is 0.223 e.